The van der Waals surface area contributed by atoms with E-state index in [0.717, 1.165) is 11.1 Å². The molecule has 1 N–H and O–H groups in total. The average Bonchev–Trinajstić information content (AvgIpc) is 2.38. The number of hydrogen-bond donors (Lipinski definition) is 1. The van der Waals surface area contributed by atoms with Crippen molar-refractivity contribution in [3.8, 4) is 11.8 Å². The van der Waals surface area contributed by atoms with E-state index in [1.54, 1.807) is 6.92 Å². The maximum atomic E-state index is 10.4. The molecule has 0 fully saturated rings. The van der Waals surface area contributed by atoms with Crippen LogP contribution in [0, 0.1) is 18.8 Å². The zero-order valence-corrected chi connectivity index (χ0v) is 10.6. The van der Waals surface area contributed by atoms with Crippen molar-refractivity contribution in [3.05, 3.63) is 71.3 Å². The van der Waals surface area contributed by atoms with Crippen LogP contribution in [0.2, 0.25) is 0 Å². The zero-order chi connectivity index (χ0) is 13.0. The average molecular weight is 236 g/mol. The molecule has 0 heterocycles. The van der Waals surface area contributed by atoms with Gasteiger partial charge in [-0.3, -0.25) is 0 Å². The van der Waals surface area contributed by atoms with Gasteiger partial charge in [0.1, 0.15) is 5.60 Å². The summed E-state index contributed by atoms with van der Waals surface area (Å²) >= 11 is 0. The molecule has 0 saturated heterocycles. The van der Waals surface area contributed by atoms with Crippen LogP contribution in [0.4, 0.5) is 0 Å². The highest BCUT2D eigenvalue weighted by molar-refractivity contribution is 5.39. The molecule has 90 valence electrons. The van der Waals surface area contributed by atoms with Gasteiger partial charge in [-0.1, -0.05) is 59.9 Å². The van der Waals surface area contributed by atoms with Crippen molar-refractivity contribution in [3.63, 3.8) is 0 Å². The van der Waals surface area contributed by atoms with Crippen molar-refractivity contribution < 1.29 is 5.11 Å². The Kier molecular flexibility index (Phi) is 3.50. The molecular weight excluding hydrogens is 220 g/mol. The summed E-state index contributed by atoms with van der Waals surface area (Å²) in [5.74, 6) is 5.91. The van der Waals surface area contributed by atoms with Gasteiger partial charge >= 0.3 is 0 Å². The summed E-state index contributed by atoms with van der Waals surface area (Å²) in [7, 11) is 0. The van der Waals surface area contributed by atoms with Gasteiger partial charge < -0.3 is 5.11 Å². The summed E-state index contributed by atoms with van der Waals surface area (Å²) in [6.07, 6.45) is 0. The van der Waals surface area contributed by atoms with Crippen molar-refractivity contribution in [2.75, 3.05) is 0 Å². The van der Waals surface area contributed by atoms with E-state index in [4.69, 9.17) is 0 Å². The fraction of sp³-hybridized carbons (Fsp3) is 0.176. The Labute approximate surface area is 108 Å². The molecule has 0 aliphatic carbocycles. The summed E-state index contributed by atoms with van der Waals surface area (Å²) in [5.41, 5.74) is 1.77. The van der Waals surface area contributed by atoms with Crippen molar-refractivity contribution in [1.82, 2.24) is 0 Å². The van der Waals surface area contributed by atoms with Gasteiger partial charge in [0.05, 0.1) is 0 Å². The predicted octanol–water partition coefficient (Wildman–Crippen LogP) is 3.25. The van der Waals surface area contributed by atoms with Gasteiger partial charge in [0, 0.05) is 5.56 Å². The lowest BCUT2D eigenvalue weighted by Crippen LogP contribution is -2.18. The molecule has 2 rings (SSSR count). The molecule has 2 aromatic rings. The molecule has 0 radical (unpaired) electrons. The van der Waals surface area contributed by atoms with Gasteiger partial charge in [-0.05, 0) is 31.5 Å². The first-order chi connectivity index (χ1) is 8.58. The summed E-state index contributed by atoms with van der Waals surface area (Å²) in [6.45, 7) is 3.74. The van der Waals surface area contributed by atoms with Crippen molar-refractivity contribution in [2.45, 2.75) is 19.4 Å². The Morgan fingerprint density at radius 1 is 0.944 bits per heavy atom. The molecule has 1 nitrogen and oxygen atoms in total. The van der Waals surface area contributed by atoms with E-state index in [9.17, 15) is 5.11 Å². The van der Waals surface area contributed by atoms with E-state index in [1.807, 2.05) is 61.5 Å². The minimum Gasteiger partial charge on any atom is -0.374 e. The second-order valence-electron chi connectivity index (χ2n) is 4.55. The smallest absolute Gasteiger partial charge is 0.148 e. The van der Waals surface area contributed by atoms with E-state index < -0.39 is 5.60 Å². The highest BCUT2D eigenvalue weighted by atomic mass is 16.3. The molecule has 1 heteroatoms. The van der Waals surface area contributed by atoms with E-state index in [0.29, 0.717) is 0 Å². The number of hydrogen-bond acceptors (Lipinski definition) is 1. The summed E-state index contributed by atoms with van der Waals surface area (Å²) in [5, 5.41) is 10.4. The van der Waals surface area contributed by atoms with Gasteiger partial charge in [0.15, 0.2) is 0 Å². The Balaban J connectivity index is 2.27. The topological polar surface area (TPSA) is 20.2 Å². The second-order valence-corrected chi connectivity index (χ2v) is 4.55. The van der Waals surface area contributed by atoms with Crippen LogP contribution in [0.15, 0.2) is 54.6 Å². The maximum Gasteiger partial charge on any atom is 0.148 e. The highest BCUT2D eigenvalue weighted by Crippen LogP contribution is 2.20. The zero-order valence-electron chi connectivity index (χ0n) is 10.6. The largest absolute Gasteiger partial charge is 0.374 e. The van der Waals surface area contributed by atoms with Crippen LogP contribution in [-0.2, 0) is 5.60 Å². The Morgan fingerprint density at radius 2 is 1.56 bits per heavy atom. The van der Waals surface area contributed by atoms with Crippen LogP contribution < -0.4 is 0 Å². The van der Waals surface area contributed by atoms with Crippen molar-refractivity contribution in [1.29, 1.82) is 0 Å². The van der Waals surface area contributed by atoms with E-state index in [-0.39, 0.29) is 0 Å². The fourth-order valence-electron chi connectivity index (χ4n) is 1.67. The van der Waals surface area contributed by atoms with Crippen LogP contribution in [-0.4, -0.2) is 5.11 Å². The van der Waals surface area contributed by atoms with Gasteiger partial charge in [-0.15, -0.1) is 0 Å². The first-order valence-corrected chi connectivity index (χ1v) is 5.96. The standard InChI is InChI=1S/C17H16O/c1-14-8-10-16(11-9-14)17(2,18)13-12-15-6-4-3-5-7-15/h3-11,18H,1-2H3/t17-/m0/s1. The van der Waals surface area contributed by atoms with Crippen LogP contribution in [0.5, 0.6) is 0 Å². The molecule has 0 bridgehead atoms. The van der Waals surface area contributed by atoms with E-state index in [2.05, 4.69) is 11.8 Å². The minimum absolute atomic E-state index is 0.816. The minimum atomic E-state index is -1.12. The van der Waals surface area contributed by atoms with Crippen LogP contribution >= 0.6 is 0 Å². The van der Waals surface area contributed by atoms with E-state index >= 15 is 0 Å². The first kappa shape index (κ1) is 12.4. The van der Waals surface area contributed by atoms with Crippen LogP contribution in [0.3, 0.4) is 0 Å². The number of aryl methyl sites for hydroxylation is 1. The molecule has 2 aromatic carbocycles. The normalized spacial score (nSPS) is 13.3. The number of rotatable bonds is 1. The maximum absolute atomic E-state index is 10.4. The Hall–Kier alpha value is -2.04. The first-order valence-electron chi connectivity index (χ1n) is 5.96. The lowest BCUT2D eigenvalue weighted by atomic mass is 9.95. The van der Waals surface area contributed by atoms with Crippen LogP contribution in [0.1, 0.15) is 23.6 Å². The molecule has 0 unspecified atom stereocenters. The monoisotopic (exact) mass is 236 g/mol. The molecule has 0 aliphatic rings. The molecule has 0 saturated carbocycles. The quantitative estimate of drug-likeness (QED) is 0.753. The summed E-state index contributed by atoms with van der Waals surface area (Å²) < 4.78 is 0. The molecule has 0 aromatic heterocycles. The molecule has 0 amide bonds. The molecule has 1 atom stereocenters. The Morgan fingerprint density at radius 3 is 2.17 bits per heavy atom. The summed E-state index contributed by atoms with van der Waals surface area (Å²) in [4.78, 5) is 0. The highest BCUT2D eigenvalue weighted by Gasteiger charge is 2.19. The van der Waals surface area contributed by atoms with E-state index in [1.165, 1.54) is 5.56 Å². The van der Waals surface area contributed by atoms with Gasteiger partial charge in [-0.2, -0.15) is 0 Å². The molecule has 0 spiro atoms. The predicted molar refractivity (Wildman–Crippen MR) is 74.1 cm³/mol. The Bertz CT molecular complexity index is 569. The van der Waals surface area contributed by atoms with Gasteiger partial charge in [0.25, 0.3) is 0 Å². The van der Waals surface area contributed by atoms with Crippen molar-refractivity contribution >= 4 is 0 Å². The lowest BCUT2D eigenvalue weighted by molar-refractivity contribution is 0.122. The molecule has 0 aliphatic heterocycles. The fourth-order valence-corrected chi connectivity index (χ4v) is 1.67. The van der Waals surface area contributed by atoms with Gasteiger partial charge in [0.2, 0.25) is 0 Å². The van der Waals surface area contributed by atoms with Gasteiger partial charge in [-0.25, -0.2) is 0 Å². The third-order valence-corrected chi connectivity index (χ3v) is 2.84. The molecular formula is C17H16O. The van der Waals surface area contributed by atoms with Crippen LogP contribution in [0.25, 0.3) is 0 Å². The third kappa shape index (κ3) is 3.00. The molecule has 18 heavy (non-hydrogen) atoms. The second kappa shape index (κ2) is 5.08. The summed E-state index contributed by atoms with van der Waals surface area (Å²) in [6, 6.07) is 17.5. The lowest BCUT2D eigenvalue weighted by Gasteiger charge is -2.16. The number of benzene rings is 2. The van der Waals surface area contributed by atoms with Crippen molar-refractivity contribution in [2.24, 2.45) is 0 Å². The third-order valence-electron chi connectivity index (χ3n) is 2.84. The SMILES string of the molecule is Cc1ccc([C@@](C)(O)C#Cc2ccccc2)cc1. The number of aliphatic hydroxyl groups is 1.